The van der Waals surface area contributed by atoms with Crippen LogP contribution < -0.4 is 5.32 Å². The molecule has 0 aromatic carbocycles. The number of hydrogen-bond donors (Lipinski definition) is 1. The van der Waals surface area contributed by atoms with Gasteiger partial charge in [0.25, 0.3) is 0 Å². The maximum Gasteiger partial charge on any atom is 0.107 e. The second kappa shape index (κ2) is 4.89. The molecular formula is C11H20N2S. The van der Waals surface area contributed by atoms with E-state index in [0.29, 0.717) is 0 Å². The fourth-order valence-corrected chi connectivity index (χ4v) is 1.98. The highest BCUT2D eigenvalue weighted by Gasteiger charge is 2.18. The molecule has 1 heterocycles. The van der Waals surface area contributed by atoms with Crippen molar-refractivity contribution >= 4 is 11.3 Å². The number of aryl methyl sites for hydroxylation is 1. The molecule has 1 aromatic heterocycles. The lowest BCUT2D eigenvalue weighted by Gasteiger charge is -2.27. The number of nitrogens with zero attached hydrogens (tertiary/aromatic N) is 1. The molecule has 80 valence electrons. The van der Waals surface area contributed by atoms with Crippen LogP contribution in [0.25, 0.3) is 0 Å². The summed E-state index contributed by atoms with van der Waals surface area (Å²) in [6, 6.07) is 0. The highest BCUT2D eigenvalue weighted by molar-refractivity contribution is 7.09. The molecule has 14 heavy (non-hydrogen) atoms. The summed E-state index contributed by atoms with van der Waals surface area (Å²) in [7, 11) is 0. The van der Waals surface area contributed by atoms with Crippen molar-refractivity contribution in [1.29, 1.82) is 0 Å². The maximum absolute atomic E-state index is 4.44. The van der Waals surface area contributed by atoms with E-state index in [-0.39, 0.29) is 5.54 Å². The van der Waals surface area contributed by atoms with Crippen LogP contribution in [-0.2, 0) is 6.54 Å². The monoisotopic (exact) mass is 212 g/mol. The predicted molar refractivity (Wildman–Crippen MR) is 62.7 cm³/mol. The van der Waals surface area contributed by atoms with Gasteiger partial charge in [0, 0.05) is 23.2 Å². The molecule has 0 atom stereocenters. The van der Waals surface area contributed by atoms with Crippen LogP contribution in [0.3, 0.4) is 0 Å². The molecule has 0 bridgehead atoms. The van der Waals surface area contributed by atoms with E-state index in [2.05, 4.69) is 36.5 Å². The molecule has 0 saturated carbocycles. The first kappa shape index (κ1) is 11.7. The average molecular weight is 212 g/mol. The Labute approximate surface area is 90.8 Å². The summed E-state index contributed by atoms with van der Waals surface area (Å²) in [6.07, 6.45) is 2.32. The van der Waals surface area contributed by atoms with Gasteiger partial charge in [-0.05, 0) is 26.7 Å². The molecule has 0 aliphatic carbocycles. The summed E-state index contributed by atoms with van der Waals surface area (Å²) < 4.78 is 0. The van der Waals surface area contributed by atoms with Gasteiger partial charge in [-0.25, -0.2) is 4.98 Å². The highest BCUT2D eigenvalue weighted by atomic mass is 32.1. The molecule has 1 rings (SSSR count). The van der Waals surface area contributed by atoms with Crippen LogP contribution in [0.5, 0.6) is 0 Å². The van der Waals surface area contributed by atoms with Crippen LogP contribution in [0.15, 0.2) is 5.38 Å². The zero-order valence-electron chi connectivity index (χ0n) is 9.55. The molecule has 0 amide bonds. The summed E-state index contributed by atoms with van der Waals surface area (Å²) >= 11 is 1.74. The summed E-state index contributed by atoms with van der Waals surface area (Å²) in [6.45, 7) is 9.66. The largest absolute Gasteiger partial charge is 0.305 e. The zero-order valence-corrected chi connectivity index (χ0v) is 10.4. The fourth-order valence-electron chi connectivity index (χ4n) is 1.27. The third kappa shape index (κ3) is 3.07. The molecular weight excluding hydrogens is 192 g/mol. The van der Waals surface area contributed by atoms with Crippen molar-refractivity contribution in [3.63, 3.8) is 0 Å². The van der Waals surface area contributed by atoms with Crippen molar-refractivity contribution in [2.24, 2.45) is 0 Å². The van der Waals surface area contributed by atoms with Gasteiger partial charge in [-0.3, -0.25) is 0 Å². The molecule has 0 spiro atoms. The van der Waals surface area contributed by atoms with Crippen LogP contribution in [0.2, 0.25) is 0 Å². The van der Waals surface area contributed by atoms with E-state index < -0.39 is 0 Å². The summed E-state index contributed by atoms with van der Waals surface area (Å²) in [5.74, 6) is 0. The number of nitrogens with one attached hydrogen (secondary N) is 1. The van der Waals surface area contributed by atoms with Gasteiger partial charge in [-0.2, -0.15) is 0 Å². The van der Waals surface area contributed by atoms with Crippen molar-refractivity contribution in [1.82, 2.24) is 10.3 Å². The van der Waals surface area contributed by atoms with Crippen molar-refractivity contribution < 1.29 is 0 Å². The van der Waals surface area contributed by atoms with Crippen molar-refractivity contribution in [2.75, 3.05) is 0 Å². The van der Waals surface area contributed by atoms with Crippen LogP contribution in [-0.4, -0.2) is 10.5 Å². The molecule has 0 fully saturated rings. The van der Waals surface area contributed by atoms with Crippen LogP contribution in [0.1, 0.15) is 44.3 Å². The average Bonchev–Trinajstić information content (AvgIpc) is 2.61. The lowest BCUT2D eigenvalue weighted by atomic mass is 9.96. The van der Waals surface area contributed by atoms with Crippen LogP contribution in [0, 0.1) is 6.92 Å². The molecule has 0 unspecified atom stereocenters. The quantitative estimate of drug-likeness (QED) is 0.811. The third-order valence-electron chi connectivity index (χ3n) is 2.89. The van der Waals surface area contributed by atoms with Crippen molar-refractivity contribution in [2.45, 2.75) is 52.6 Å². The van der Waals surface area contributed by atoms with Crippen molar-refractivity contribution in [3.05, 3.63) is 16.1 Å². The Morgan fingerprint density at radius 2 is 2.07 bits per heavy atom. The van der Waals surface area contributed by atoms with Gasteiger partial charge < -0.3 is 5.32 Å². The molecule has 1 N–H and O–H groups in total. The molecule has 2 nitrogen and oxygen atoms in total. The number of rotatable bonds is 5. The topological polar surface area (TPSA) is 24.9 Å². The van der Waals surface area contributed by atoms with Crippen molar-refractivity contribution in [3.8, 4) is 0 Å². The number of thiazole rings is 1. The summed E-state index contributed by atoms with van der Waals surface area (Å²) in [5, 5.41) is 6.87. The lowest BCUT2D eigenvalue weighted by molar-refractivity contribution is 0.329. The minimum Gasteiger partial charge on any atom is -0.305 e. The third-order valence-corrected chi connectivity index (χ3v) is 3.86. The molecule has 0 radical (unpaired) electrons. The van der Waals surface area contributed by atoms with Gasteiger partial charge in [0.2, 0.25) is 0 Å². The zero-order chi connectivity index (χ0) is 10.6. The van der Waals surface area contributed by atoms with E-state index in [1.807, 2.05) is 6.92 Å². The highest BCUT2D eigenvalue weighted by Crippen LogP contribution is 2.16. The Bertz CT molecular complexity index is 277. The summed E-state index contributed by atoms with van der Waals surface area (Å²) in [5.41, 5.74) is 1.39. The Hall–Kier alpha value is -0.410. The minimum atomic E-state index is 0.263. The Balaban J connectivity index is 2.47. The first-order valence-electron chi connectivity index (χ1n) is 5.25. The standard InChI is InChI=1S/C11H20N2S/c1-5-11(4,6-2)12-7-10-13-9(3)8-14-10/h8,12H,5-7H2,1-4H3. The van der Waals surface area contributed by atoms with Gasteiger partial charge in [0.05, 0.1) is 0 Å². The van der Waals surface area contributed by atoms with E-state index >= 15 is 0 Å². The second-order valence-electron chi connectivity index (χ2n) is 4.00. The molecule has 0 aliphatic heterocycles. The van der Waals surface area contributed by atoms with E-state index in [4.69, 9.17) is 0 Å². The van der Waals surface area contributed by atoms with Gasteiger partial charge in [0.15, 0.2) is 0 Å². The molecule has 0 saturated heterocycles. The second-order valence-corrected chi connectivity index (χ2v) is 4.95. The minimum absolute atomic E-state index is 0.263. The molecule has 3 heteroatoms. The van der Waals surface area contributed by atoms with E-state index in [1.54, 1.807) is 11.3 Å². The van der Waals surface area contributed by atoms with E-state index in [9.17, 15) is 0 Å². The van der Waals surface area contributed by atoms with Crippen LogP contribution in [0.4, 0.5) is 0 Å². The van der Waals surface area contributed by atoms with E-state index in [1.165, 1.54) is 5.01 Å². The lowest BCUT2D eigenvalue weighted by Crippen LogP contribution is -2.40. The van der Waals surface area contributed by atoms with Crippen LogP contribution >= 0.6 is 11.3 Å². The van der Waals surface area contributed by atoms with Gasteiger partial charge >= 0.3 is 0 Å². The smallest absolute Gasteiger partial charge is 0.107 e. The molecule has 0 aliphatic rings. The SMILES string of the molecule is CCC(C)(CC)NCc1nc(C)cs1. The Morgan fingerprint density at radius 1 is 1.43 bits per heavy atom. The number of hydrogen-bond acceptors (Lipinski definition) is 3. The fraction of sp³-hybridized carbons (Fsp3) is 0.727. The maximum atomic E-state index is 4.44. The van der Waals surface area contributed by atoms with Gasteiger partial charge in [-0.15, -0.1) is 11.3 Å². The Kier molecular flexibility index (Phi) is 4.08. The van der Waals surface area contributed by atoms with Gasteiger partial charge in [-0.1, -0.05) is 13.8 Å². The predicted octanol–water partition coefficient (Wildman–Crippen LogP) is 3.12. The van der Waals surface area contributed by atoms with Gasteiger partial charge in [0.1, 0.15) is 5.01 Å². The summed E-state index contributed by atoms with van der Waals surface area (Å²) in [4.78, 5) is 4.44. The first-order valence-corrected chi connectivity index (χ1v) is 6.13. The molecule has 1 aromatic rings. The number of aromatic nitrogens is 1. The normalized spacial score (nSPS) is 12.0. The first-order chi connectivity index (χ1) is 6.59. The van der Waals surface area contributed by atoms with E-state index in [0.717, 1.165) is 25.1 Å². The Morgan fingerprint density at radius 3 is 2.50 bits per heavy atom.